The standard InChI is InChI=1S/C13H15F4NO/c14-12-4-10(3-11(5-12)13(15,16)17)7-18-6-9-1-2-19-8-9/h3-5,9,18H,1-2,6-8H2. The zero-order chi connectivity index (χ0) is 13.9. The Labute approximate surface area is 108 Å². The summed E-state index contributed by atoms with van der Waals surface area (Å²) in [6, 6.07) is 2.60. The van der Waals surface area contributed by atoms with E-state index in [0.717, 1.165) is 25.2 Å². The van der Waals surface area contributed by atoms with E-state index in [-0.39, 0.29) is 6.54 Å². The first-order valence-corrected chi connectivity index (χ1v) is 6.10. The van der Waals surface area contributed by atoms with Gasteiger partial charge in [0, 0.05) is 19.7 Å². The molecule has 2 rings (SSSR count). The number of halogens is 4. The van der Waals surface area contributed by atoms with Crippen LogP contribution in [-0.4, -0.2) is 19.8 Å². The van der Waals surface area contributed by atoms with Gasteiger partial charge in [0.25, 0.3) is 0 Å². The number of benzene rings is 1. The lowest BCUT2D eigenvalue weighted by Gasteiger charge is -2.12. The van der Waals surface area contributed by atoms with Gasteiger partial charge in [0.1, 0.15) is 5.82 Å². The molecule has 0 aliphatic carbocycles. The largest absolute Gasteiger partial charge is 0.416 e. The maximum absolute atomic E-state index is 13.1. The molecule has 1 aliphatic rings. The van der Waals surface area contributed by atoms with Gasteiger partial charge in [0.15, 0.2) is 0 Å². The van der Waals surface area contributed by atoms with Crippen LogP contribution in [0.3, 0.4) is 0 Å². The van der Waals surface area contributed by atoms with Gasteiger partial charge < -0.3 is 10.1 Å². The maximum atomic E-state index is 13.1. The van der Waals surface area contributed by atoms with E-state index in [1.807, 2.05) is 0 Å². The molecule has 1 atom stereocenters. The van der Waals surface area contributed by atoms with Crippen molar-refractivity contribution in [3.8, 4) is 0 Å². The second-order valence-corrected chi connectivity index (χ2v) is 4.71. The Kier molecular flexibility index (Phi) is 4.42. The lowest BCUT2D eigenvalue weighted by atomic mass is 10.1. The van der Waals surface area contributed by atoms with Gasteiger partial charge in [-0.3, -0.25) is 0 Å². The van der Waals surface area contributed by atoms with Crippen molar-refractivity contribution < 1.29 is 22.3 Å². The molecule has 106 valence electrons. The predicted octanol–water partition coefficient (Wildman–Crippen LogP) is 2.97. The fourth-order valence-electron chi connectivity index (χ4n) is 2.08. The number of alkyl halides is 3. The Bertz CT molecular complexity index is 427. The van der Waals surface area contributed by atoms with Crippen molar-refractivity contribution in [3.63, 3.8) is 0 Å². The van der Waals surface area contributed by atoms with Crippen molar-refractivity contribution in [1.29, 1.82) is 0 Å². The van der Waals surface area contributed by atoms with Gasteiger partial charge in [-0.2, -0.15) is 13.2 Å². The van der Waals surface area contributed by atoms with E-state index >= 15 is 0 Å². The summed E-state index contributed by atoms with van der Waals surface area (Å²) >= 11 is 0. The summed E-state index contributed by atoms with van der Waals surface area (Å²) in [4.78, 5) is 0. The van der Waals surface area contributed by atoms with Crippen LogP contribution in [0.25, 0.3) is 0 Å². The molecule has 0 saturated carbocycles. The molecule has 1 fully saturated rings. The van der Waals surface area contributed by atoms with Crippen LogP contribution in [0.4, 0.5) is 17.6 Å². The molecule has 1 saturated heterocycles. The minimum atomic E-state index is -4.52. The molecule has 0 spiro atoms. The average molecular weight is 277 g/mol. The van der Waals surface area contributed by atoms with Crippen LogP contribution in [-0.2, 0) is 17.5 Å². The van der Waals surface area contributed by atoms with Crippen molar-refractivity contribution in [3.05, 3.63) is 35.1 Å². The third-order valence-corrected chi connectivity index (χ3v) is 3.07. The number of rotatable bonds is 4. The summed E-state index contributed by atoms with van der Waals surface area (Å²) in [5.74, 6) is -0.480. The third-order valence-electron chi connectivity index (χ3n) is 3.07. The van der Waals surface area contributed by atoms with Gasteiger partial charge in [-0.05, 0) is 36.1 Å². The molecule has 6 heteroatoms. The molecule has 0 bridgehead atoms. The van der Waals surface area contributed by atoms with Gasteiger partial charge in [0.2, 0.25) is 0 Å². The van der Waals surface area contributed by atoms with E-state index < -0.39 is 17.6 Å². The Balaban J connectivity index is 1.94. The van der Waals surface area contributed by atoms with Crippen LogP contribution < -0.4 is 5.32 Å². The van der Waals surface area contributed by atoms with Gasteiger partial charge in [-0.25, -0.2) is 4.39 Å². The van der Waals surface area contributed by atoms with E-state index in [9.17, 15) is 17.6 Å². The quantitative estimate of drug-likeness (QED) is 0.854. The molecule has 0 radical (unpaired) electrons. The first-order valence-electron chi connectivity index (χ1n) is 6.10. The monoisotopic (exact) mass is 277 g/mol. The lowest BCUT2D eigenvalue weighted by Crippen LogP contribution is -2.23. The molecular formula is C13H15F4NO. The first kappa shape index (κ1) is 14.3. The molecule has 0 amide bonds. The highest BCUT2D eigenvalue weighted by Crippen LogP contribution is 2.30. The number of hydrogen-bond acceptors (Lipinski definition) is 2. The van der Waals surface area contributed by atoms with Crippen molar-refractivity contribution in [2.45, 2.75) is 19.1 Å². The fourth-order valence-corrected chi connectivity index (χ4v) is 2.08. The number of ether oxygens (including phenoxy) is 1. The molecule has 1 heterocycles. The smallest absolute Gasteiger partial charge is 0.381 e. The molecule has 2 nitrogen and oxygen atoms in total. The molecule has 1 aromatic carbocycles. The highest BCUT2D eigenvalue weighted by atomic mass is 19.4. The van der Waals surface area contributed by atoms with E-state index in [1.54, 1.807) is 0 Å². The molecule has 1 unspecified atom stereocenters. The van der Waals surface area contributed by atoms with Crippen molar-refractivity contribution in [2.75, 3.05) is 19.8 Å². The summed E-state index contributed by atoms with van der Waals surface area (Å²) in [6.45, 7) is 2.28. The first-order chi connectivity index (χ1) is 8.95. The Morgan fingerprint density at radius 3 is 2.68 bits per heavy atom. The van der Waals surface area contributed by atoms with Gasteiger partial charge in [-0.15, -0.1) is 0 Å². The van der Waals surface area contributed by atoms with E-state index in [0.29, 0.717) is 30.7 Å². The summed E-state index contributed by atoms with van der Waals surface area (Å²) in [6.07, 6.45) is -3.57. The Hall–Kier alpha value is -1.14. The molecule has 19 heavy (non-hydrogen) atoms. The molecular weight excluding hydrogens is 262 g/mol. The van der Waals surface area contributed by atoms with Crippen molar-refractivity contribution in [1.82, 2.24) is 5.32 Å². The summed E-state index contributed by atoms with van der Waals surface area (Å²) in [5, 5.41) is 3.04. The lowest BCUT2D eigenvalue weighted by molar-refractivity contribution is -0.137. The van der Waals surface area contributed by atoms with Crippen LogP contribution in [0.5, 0.6) is 0 Å². The van der Waals surface area contributed by atoms with E-state index in [4.69, 9.17) is 4.74 Å². The normalized spacial score (nSPS) is 19.9. The van der Waals surface area contributed by atoms with E-state index in [1.165, 1.54) is 0 Å². The SMILES string of the molecule is Fc1cc(CNCC2CCOC2)cc(C(F)(F)F)c1. The van der Waals surface area contributed by atoms with Crippen LogP contribution in [0, 0.1) is 11.7 Å². The van der Waals surface area contributed by atoms with Crippen LogP contribution in [0.2, 0.25) is 0 Å². The zero-order valence-electron chi connectivity index (χ0n) is 10.3. The average Bonchev–Trinajstić information content (AvgIpc) is 2.80. The third kappa shape index (κ3) is 4.18. The minimum Gasteiger partial charge on any atom is -0.381 e. The zero-order valence-corrected chi connectivity index (χ0v) is 10.3. The van der Waals surface area contributed by atoms with Gasteiger partial charge in [-0.1, -0.05) is 0 Å². The highest BCUT2D eigenvalue weighted by molar-refractivity contribution is 5.26. The molecule has 1 N–H and O–H groups in total. The van der Waals surface area contributed by atoms with Crippen LogP contribution in [0.1, 0.15) is 17.5 Å². The Morgan fingerprint density at radius 1 is 1.26 bits per heavy atom. The van der Waals surface area contributed by atoms with Crippen molar-refractivity contribution in [2.24, 2.45) is 5.92 Å². The molecule has 1 aliphatic heterocycles. The van der Waals surface area contributed by atoms with Crippen LogP contribution in [0.15, 0.2) is 18.2 Å². The second-order valence-electron chi connectivity index (χ2n) is 4.71. The predicted molar refractivity (Wildman–Crippen MR) is 62.0 cm³/mol. The highest BCUT2D eigenvalue weighted by Gasteiger charge is 2.31. The second kappa shape index (κ2) is 5.88. The van der Waals surface area contributed by atoms with Gasteiger partial charge >= 0.3 is 6.18 Å². The van der Waals surface area contributed by atoms with Gasteiger partial charge in [0.05, 0.1) is 12.2 Å². The van der Waals surface area contributed by atoms with Crippen molar-refractivity contribution >= 4 is 0 Å². The molecule has 1 aromatic rings. The van der Waals surface area contributed by atoms with Crippen LogP contribution >= 0.6 is 0 Å². The number of hydrogen-bond donors (Lipinski definition) is 1. The topological polar surface area (TPSA) is 21.3 Å². The summed E-state index contributed by atoms with van der Waals surface area (Å²) in [7, 11) is 0. The Morgan fingerprint density at radius 2 is 2.05 bits per heavy atom. The summed E-state index contributed by atoms with van der Waals surface area (Å²) in [5.41, 5.74) is -0.653. The maximum Gasteiger partial charge on any atom is 0.416 e. The minimum absolute atomic E-state index is 0.220. The molecule has 0 aromatic heterocycles. The fraction of sp³-hybridized carbons (Fsp3) is 0.538. The number of nitrogens with one attached hydrogen (secondary N) is 1. The summed E-state index contributed by atoms with van der Waals surface area (Å²) < 4.78 is 55.9. The van der Waals surface area contributed by atoms with E-state index in [2.05, 4.69) is 5.32 Å².